The highest BCUT2D eigenvalue weighted by molar-refractivity contribution is 6.29. The van der Waals surface area contributed by atoms with Gasteiger partial charge in [0.05, 0.1) is 44.0 Å². The van der Waals surface area contributed by atoms with E-state index in [4.69, 9.17) is 4.42 Å². The summed E-state index contributed by atoms with van der Waals surface area (Å²) in [5, 5.41) is 26.0. The van der Waals surface area contributed by atoms with Crippen molar-refractivity contribution in [1.82, 2.24) is 9.13 Å². The fraction of sp³-hybridized carbons (Fsp3) is 0. The Hall–Kier alpha value is -7.08. The maximum atomic E-state index is 9.82. The monoisotopic (exact) mass is 624 g/mol. The zero-order valence-corrected chi connectivity index (χ0v) is 26.1. The summed E-state index contributed by atoms with van der Waals surface area (Å²) in [4.78, 5) is 0. The number of nitriles is 2. The van der Waals surface area contributed by atoms with Gasteiger partial charge in [0.25, 0.3) is 0 Å². The first kappa shape index (κ1) is 27.1. The van der Waals surface area contributed by atoms with Crippen molar-refractivity contribution in [1.29, 1.82) is 10.5 Å². The summed E-state index contributed by atoms with van der Waals surface area (Å²) >= 11 is 0. The van der Waals surface area contributed by atoms with Gasteiger partial charge >= 0.3 is 0 Å². The van der Waals surface area contributed by atoms with Crippen LogP contribution in [0.1, 0.15) is 11.1 Å². The Morgan fingerprint density at radius 1 is 0.429 bits per heavy atom. The van der Waals surface area contributed by atoms with Crippen LogP contribution in [0.4, 0.5) is 0 Å². The summed E-state index contributed by atoms with van der Waals surface area (Å²) < 4.78 is 11.6. The molecule has 0 aliphatic rings. The van der Waals surface area contributed by atoms with Gasteiger partial charge < -0.3 is 13.6 Å². The third-order valence-electron chi connectivity index (χ3n) is 9.82. The number of rotatable bonds is 3. The van der Waals surface area contributed by atoms with Gasteiger partial charge in [0, 0.05) is 38.5 Å². The van der Waals surface area contributed by atoms with Crippen molar-refractivity contribution in [2.75, 3.05) is 0 Å². The van der Waals surface area contributed by atoms with E-state index >= 15 is 0 Å². The molecular formula is C44H24N4O. The quantitative estimate of drug-likeness (QED) is 0.196. The molecule has 0 unspecified atom stereocenters. The molecule has 0 saturated carbocycles. The minimum atomic E-state index is 0.378. The minimum Gasteiger partial charge on any atom is -0.455 e. The van der Waals surface area contributed by atoms with Crippen molar-refractivity contribution in [3.05, 3.63) is 157 Å². The van der Waals surface area contributed by atoms with Crippen LogP contribution in [0.5, 0.6) is 0 Å². The Balaban J connectivity index is 1.23. The van der Waals surface area contributed by atoms with Crippen molar-refractivity contribution < 1.29 is 4.42 Å². The van der Waals surface area contributed by atoms with E-state index in [1.54, 1.807) is 6.07 Å². The first-order valence-corrected chi connectivity index (χ1v) is 16.1. The van der Waals surface area contributed by atoms with E-state index in [0.717, 1.165) is 88.1 Å². The van der Waals surface area contributed by atoms with Crippen LogP contribution in [-0.2, 0) is 0 Å². The Kier molecular flexibility index (Phi) is 5.64. The fourth-order valence-electron chi connectivity index (χ4n) is 7.73. The van der Waals surface area contributed by atoms with Crippen LogP contribution < -0.4 is 0 Å². The number of hydrogen-bond acceptors (Lipinski definition) is 3. The molecule has 0 aliphatic heterocycles. The largest absolute Gasteiger partial charge is 0.455 e. The Bertz CT molecular complexity index is 3050. The van der Waals surface area contributed by atoms with Gasteiger partial charge in [-0.3, -0.25) is 0 Å². The highest BCUT2D eigenvalue weighted by Gasteiger charge is 2.22. The lowest BCUT2D eigenvalue weighted by Crippen LogP contribution is -1.94. The molecule has 5 heteroatoms. The normalized spacial score (nSPS) is 11.6. The average Bonchev–Trinajstić information content (AvgIpc) is 3.82. The molecule has 0 aliphatic carbocycles. The summed E-state index contributed by atoms with van der Waals surface area (Å²) in [6, 6.07) is 54.2. The molecule has 0 saturated heterocycles. The van der Waals surface area contributed by atoms with Crippen LogP contribution in [0.15, 0.2) is 150 Å². The number of fused-ring (bicyclic) bond motifs is 11. The number of benzene rings is 7. The van der Waals surface area contributed by atoms with Crippen LogP contribution in [0.2, 0.25) is 0 Å². The zero-order valence-electron chi connectivity index (χ0n) is 26.1. The first-order valence-electron chi connectivity index (χ1n) is 16.1. The van der Waals surface area contributed by atoms with Crippen LogP contribution >= 0.6 is 0 Å². The zero-order chi connectivity index (χ0) is 32.6. The standard InChI is InChI=1S/C44H24N4O/c45-25-28-9-8-14-31(36(28)26-46)27-17-19-30(20-18-27)48-38-16-7-5-13-35(38)42-40(48)24-22-33-32-21-23-39-41(43(32)49-44(33)42)34-12-4-6-15-37(34)47(39)29-10-2-1-3-11-29/h1-24H. The van der Waals surface area contributed by atoms with Crippen molar-refractivity contribution >= 4 is 65.6 Å². The molecule has 10 rings (SSSR count). The molecule has 0 bridgehead atoms. The van der Waals surface area contributed by atoms with Crippen molar-refractivity contribution in [3.63, 3.8) is 0 Å². The second kappa shape index (κ2) is 10.2. The lowest BCUT2D eigenvalue weighted by Gasteiger charge is -2.10. The minimum absolute atomic E-state index is 0.378. The molecule has 49 heavy (non-hydrogen) atoms. The smallest absolute Gasteiger partial charge is 0.145 e. The van der Waals surface area contributed by atoms with Gasteiger partial charge in [-0.05, 0) is 72.3 Å². The van der Waals surface area contributed by atoms with Crippen LogP contribution in [0, 0.1) is 22.7 Å². The molecule has 0 radical (unpaired) electrons. The molecule has 5 nitrogen and oxygen atoms in total. The maximum absolute atomic E-state index is 9.82. The third-order valence-corrected chi connectivity index (χ3v) is 9.82. The van der Waals surface area contributed by atoms with E-state index in [0.29, 0.717) is 11.1 Å². The average molecular weight is 625 g/mol. The van der Waals surface area contributed by atoms with Crippen molar-refractivity contribution in [2.45, 2.75) is 0 Å². The van der Waals surface area contributed by atoms with E-state index in [1.807, 2.05) is 30.3 Å². The molecule has 0 fully saturated rings. The highest BCUT2D eigenvalue weighted by Crippen LogP contribution is 2.44. The topological polar surface area (TPSA) is 70.6 Å². The number of furan rings is 1. The summed E-state index contributed by atoms with van der Waals surface area (Å²) in [7, 11) is 0. The van der Waals surface area contributed by atoms with Gasteiger partial charge in [-0.1, -0.05) is 78.9 Å². The first-order chi connectivity index (χ1) is 24.2. The van der Waals surface area contributed by atoms with Crippen LogP contribution in [0.3, 0.4) is 0 Å². The van der Waals surface area contributed by atoms with Gasteiger partial charge in [0.1, 0.15) is 23.3 Å². The molecule has 3 heterocycles. The second-order valence-electron chi connectivity index (χ2n) is 12.3. The molecule has 0 N–H and O–H groups in total. The highest BCUT2D eigenvalue weighted by atomic mass is 16.3. The van der Waals surface area contributed by atoms with Crippen LogP contribution in [0.25, 0.3) is 88.1 Å². The second-order valence-corrected chi connectivity index (χ2v) is 12.3. The van der Waals surface area contributed by atoms with Gasteiger partial charge in [-0.15, -0.1) is 0 Å². The molecular weight excluding hydrogens is 601 g/mol. The Morgan fingerprint density at radius 3 is 1.55 bits per heavy atom. The third kappa shape index (κ3) is 3.73. The Labute approximate surface area is 280 Å². The lowest BCUT2D eigenvalue weighted by atomic mass is 9.96. The Morgan fingerprint density at radius 2 is 0.980 bits per heavy atom. The SMILES string of the molecule is N#Cc1cccc(-c2ccc(-n3c4ccccc4c4c5oc6c(ccc7c6c6ccccc6n7-c6ccccc6)c5ccc43)cc2)c1C#N. The molecule has 10 aromatic rings. The van der Waals surface area contributed by atoms with Gasteiger partial charge in [-0.2, -0.15) is 10.5 Å². The molecule has 7 aromatic carbocycles. The van der Waals surface area contributed by atoms with Gasteiger partial charge in [0.2, 0.25) is 0 Å². The number of para-hydroxylation sites is 3. The maximum Gasteiger partial charge on any atom is 0.145 e. The summed E-state index contributed by atoms with van der Waals surface area (Å²) in [6.07, 6.45) is 0. The summed E-state index contributed by atoms with van der Waals surface area (Å²) in [5.74, 6) is 0. The summed E-state index contributed by atoms with van der Waals surface area (Å²) in [6.45, 7) is 0. The van der Waals surface area contributed by atoms with E-state index in [2.05, 4.69) is 130 Å². The van der Waals surface area contributed by atoms with Gasteiger partial charge in [0.15, 0.2) is 0 Å². The number of aromatic nitrogens is 2. The molecule has 226 valence electrons. The lowest BCUT2D eigenvalue weighted by molar-refractivity contribution is 0.677. The summed E-state index contributed by atoms with van der Waals surface area (Å²) in [5.41, 5.74) is 10.6. The van der Waals surface area contributed by atoms with Gasteiger partial charge in [-0.25, -0.2) is 0 Å². The van der Waals surface area contributed by atoms with E-state index in [9.17, 15) is 10.5 Å². The van der Waals surface area contributed by atoms with E-state index in [-0.39, 0.29) is 0 Å². The van der Waals surface area contributed by atoms with E-state index in [1.165, 1.54) is 0 Å². The molecule has 0 spiro atoms. The van der Waals surface area contributed by atoms with Crippen molar-refractivity contribution in [2.24, 2.45) is 0 Å². The number of nitrogens with zero attached hydrogens (tertiary/aromatic N) is 4. The van der Waals surface area contributed by atoms with Crippen molar-refractivity contribution in [3.8, 4) is 34.6 Å². The number of hydrogen-bond donors (Lipinski definition) is 0. The predicted octanol–water partition coefficient (Wildman–Crippen LogP) is 11.2. The fourth-order valence-corrected chi connectivity index (χ4v) is 7.73. The molecule has 0 amide bonds. The van der Waals surface area contributed by atoms with E-state index < -0.39 is 0 Å². The van der Waals surface area contributed by atoms with Crippen LogP contribution in [-0.4, -0.2) is 9.13 Å². The molecule has 3 aromatic heterocycles. The predicted molar refractivity (Wildman–Crippen MR) is 197 cm³/mol. The molecule has 0 atom stereocenters.